The molecule has 7 heteroatoms. The van der Waals surface area contributed by atoms with E-state index in [1.807, 2.05) is 12.1 Å². The fraction of sp³-hybridized carbons (Fsp3) is 0.278. The van der Waals surface area contributed by atoms with Gasteiger partial charge in [-0.1, -0.05) is 29.8 Å². The highest BCUT2D eigenvalue weighted by Crippen LogP contribution is 2.28. The van der Waals surface area contributed by atoms with E-state index < -0.39 is 5.97 Å². The minimum atomic E-state index is -1.05. The van der Waals surface area contributed by atoms with Crippen LogP contribution in [0, 0.1) is 0 Å². The predicted molar refractivity (Wildman–Crippen MR) is 93.0 cm³/mol. The monoisotopic (exact) mass is 360 g/mol. The Labute approximate surface area is 149 Å². The molecule has 1 aliphatic carbocycles. The lowest BCUT2D eigenvalue weighted by Crippen LogP contribution is -2.38. The lowest BCUT2D eigenvalue weighted by atomic mass is 10.2. The Morgan fingerprint density at radius 3 is 2.56 bits per heavy atom. The lowest BCUT2D eigenvalue weighted by molar-refractivity contribution is -0.137. The molecule has 6 nitrogen and oxygen atoms in total. The zero-order valence-corrected chi connectivity index (χ0v) is 14.1. The molecule has 0 bridgehead atoms. The third-order valence-electron chi connectivity index (χ3n) is 4.08. The number of hydrogen-bond donors (Lipinski definition) is 1. The van der Waals surface area contributed by atoms with Gasteiger partial charge in [-0.3, -0.25) is 14.4 Å². The first-order chi connectivity index (χ1) is 12.0. The van der Waals surface area contributed by atoms with E-state index in [1.54, 1.807) is 12.1 Å². The van der Waals surface area contributed by atoms with E-state index in [9.17, 15) is 14.4 Å². The fourth-order valence-electron chi connectivity index (χ4n) is 2.66. The Morgan fingerprint density at radius 1 is 1.20 bits per heavy atom. The summed E-state index contributed by atoms with van der Waals surface area (Å²) in [5, 5.41) is 9.56. The van der Waals surface area contributed by atoms with Gasteiger partial charge in [-0.15, -0.1) is 0 Å². The number of hydrogen-bond acceptors (Lipinski definition) is 3. The largest absolute Gasteiger partial charge is 0.480 e. The van der Waals surface area contributed by atoms with Gasteiger partial charge >= 0.3 is 5.97 Å². The molecule has 2 aromatic rings. The first-order valence-corrected chi connectivity index (χ1v) is 8.30. The number of carboxylic acids is 1. The maximum absolute atomic E-state index is 12.7. The molecular formula is C18H17ClN2O4. The number of pyridine rings is 1. The normalized spacial score (nSPS) is 13.5. The summed E-state index contributed by atoms with van der Waals surface area (Å²) in [6.45, 7) is -0.102. The number of amides is 1. The molecule has 1 N–H and O–H groups in total. The second kappa shape index (κ2) is 7.11. The van der Waals surface area contributed by atoms with E-state index in [-0.39, 0.29) is 30.6 Å². The van der Waals surface area contributed by atoms with Crippen LogP contribution in [-0.4, -0.2) is 39.0 Å². The number of carboxylic acid groups (broad SMARTS) is 1. The van der Waals surface area contributed by atoms with Crippen molar-refractivity contribution in [1.29, 1.82) is 0 Å². The third-order valence-corrected chi connectivity index (χ3v) is 4.45. The molecule has 0 atom stereocenters. The summed E-state index contributed by atoms with van der Waals surface area (Å²) in [6, 6.07) is 9.88. The van der Waals surface area contributed by atoms with E-state index in [0.29, 0.717) is 10.6 Å². The summed E-state index contributed by atoms with van der Waals surface area (Å²) < 4.78 is 1.40. The molecule has 1 aromatic carbocycles. The highest BCUT2D eigenvalue weighted by Gasteiger charge is 2.34. The van der Waals surface area contributed by atoms with E-state index >= 15 is 0 Å². The van der Waals surface area contributed by atoms with Crippen molar-refractivity contribution in [3.63, 3.8) is 0 Å². The molecule has 1 saturated carbocycles. The van der Waals surface area contributed by atoms with Crippen molar-refractivity contribution in [2.45, 2.75) is 25.4 Å². The molecule has 1 heterocycles. The third kappa shape index (κ3) is 4.09. The molecule has 0 aliphatic heterocycles. The molecule has 3 rings (SSSR count). The van der Waals surface area contributed by atoms with Gasteiger partial charge in [-0.2, -0.15) is 0 Å². The zero-order chi connectivity index (χ0) is 18.0. The number of rotatable bonds is 6. The van der Waals surface area contributed by atoms with E-state index in [1.165, 1.54) is 27.8 Å². The Bertz CT molecular complexity index is 873. The average Bonchev–Trinajstić information content (AvgIpc) is 3.41. The van der Waals surface area contributed by atoms with Gasteiger partial charge in [0, 0.05) is 23.3 Å². The van der Waals surface area contributed by atoms with Crippen molar-refractivity contribution in [2.24, 2.45) is 0 Å². The number of aromatic nitrogens is 1. The predicted octanol–water partition coefficient (Wildman–Crippen LogP) is 2.24. The second-order valence-corrected chi connectivity index (χ2v) is 6.44. The van der Waals surface area contributed by atoms with Gasteiger partial charge in [-0.05, 0) is 30.5 Å². The number of halogens is 1. The maximum atomic E-state index is 12.7. The van der Waals surface area contributed by atoms with Gasteiger partial charge in [-0.25, -0.2) is 0 Å². The summed E-state index contributed by atoms with van der Waals surface area (Å²) >= 11 is 6.13. The number of aliphatic carboxylic acids is 1. The molecule has 0 radical (unpaired) electrons. The lowest BCUT2D eigenvalue weighted by Gasteiger charge is -2.20. The summed E-state index contributed by atoms with van der Waals surface area (Å²) in [5.74, 6) is -1.43. The maximum Gasteiger partial charge on any atom is 0.323 e. The summed E-state index contributed by atoms with van der Waals surface area (Å²) in [4.78, 5) is 37.1. The highest BCUT2D eigenvalue weighted by atomic mass is 35.5. The van der Waals surface area contributed by atoms with Gasteiger partial charge in [0.1, 0.15) is 6.54 Å². The second-order valence-electron chi connectivity index (χ2n) is 6.03. The SMILES string of the molecule is O=C(O)CN(C(=O)c1ccc(=O)n(Cc2ccccc2Cl)c1)C1CC1. The van der Waals surface area contributed by atoms with Crippen LogP contribution < -0.4 is 5.56 Å². The van der Waals surface area contributed by atoms with Gasteiger partial charge in [0.25, 0.3) is 11.5 Å². The van der Waals surface area contributed by atoms with Crippen LogP contribution in [0.2, 0.25) is 5.02 Å². The molecule has 25 heavy (non-hydrogen) atoms. The minimum Gasteiger partial charge on any atom is -0.480 e. The van der Waals surface area contributed by atoms with Gasteiger partial charge in [0.2, 0.25) is 0 Å². The molecule has 1 fully saturated rings. The molecule has 1 aromatic heterocycles. The Hall–Kier alpha value is -2.60. The summed E-state index contributed by atoms with van der Waals surface area (Å²) in [6.07, 6.45) is 3.07. The van der Waals surface area contributed by atoms with Crippen LogP contribution >= 0.6 is 11.6 Å². The van der Waals surface area contributed by atoms with Crippen molar-refractivity contribution < 1.29 is 14.7 Å². The van der Waals surface area contributed by atoms with E-state index in [0.717, 1.165) is 18.4 Å². The first-order valence-electron chi connectivity index (χ1n) is 7.92. The summed E-state index contributed by atoms with van der Waals surface area (Å²) in [7, 11) is 0. The molecule has 0 spiro atoms. The van der Waals surface area contributed by atoms with Gasteiger partial charge < -0.3 is 14.6 Å². The minimum absolute atomic E-state index is 0.0347. The molecule has 1 aliphatic rings. The van der Waals surface area contributed by atoms with Crippen molar-refractivity contribution in [3.8, 4) is 0 Å². The Balaban J connectivity index is 1.88. The van der Waals surface area contributed by atoms with Crippen LogP contribution in [0.4, 0.5) is 0 Å². The Kier molecular flexibility index (Phi) is 4.90. The molecular weight excluding hydrogens is 344 g/mol. The number of nitrogens with zero attached hydrogens (tertiary/aromatic N) is 2. The van der Waals surface area contributed by atoms with Crippen molar-refractivity contribution in [1.82, 2.24) is 9.47 Å². The first kappa shape index (κ1) is 17.2. The topological polar surface area (TPSA) is 79.6 Å². The standard InChI is InChI=1S/C18H17ClN2O4/c19-15-4-2-1-3-12(15)9-20-10-13(5-8-16(20)22)18(25)21(11-17(23)24)14-6-7-14/h1-5,8,10,14H,6-7,9,11H2,(H,23,24). The van der Waals surface area contributed by atoms with Crippen LogP contribution in [0.25, 0.3) is 0 Å². The van der Waals surface area contributed by atoms with Crippen molar-refractivity contribution >= 4 is 23.5 Å². The Morgan fingerprint density at radius 2 is 1.92 bits per heavy atom. The van der Waals surface area contributed by atoms with Gasteiger partial charge in [0.15, 0.2) is 0 Å². The quantitative estimate of drug-likeness (QED) is 0.856. The van der Waals surface area contributed by atoms with Crippen LogP contribution in [0.5, 0.6) is 0 Å². The van der Waals surface area contributed by atoms with Crippen LogP contribution in [-0.2, 0) is 11.3 Å². The van der Waals surface area contributed by atoms with Crippen LogP contribution in [0.15, 0.2) is 47.4 Å². The van der Waals surface area contributed by atoms with Crippen LogP contribution in [0.3, 0.4) is 0 Å². The van der Waals surface area contributed by atoms with E-state index in [4.69, 9.17) is 16.7 Å². The van der Waals surface area contributed by atoms with Crippen molar-refractivity contribution in [3.05, 3.63) is 69.1 Å². The van der Waals surface area contributed by atoms with E-state index in [2.05, 4.69) is 0 Å². The highest BCUT2D eigenvalue weighted by molar-refractivity contribution is 6.31. The number of carbonyl (C=O) groups excluding carboxylic acids is 1. The van der Waals surface area contributed by atoms with Gasteiger partial charge in [0.05, 0.1) is 12.1 Å². The van der Waals surface area contributed by atoms with Crippen molar-refractivity contribution in [2.75, 3.05) is 6.54 Å². The zero-order valence-electron chi connectivity index (χ0n) is 13.4. The number of benzene rings is 1. The molecule has 0 unspecified atom stereocenters. The summed E-state index contributed by atoms with van der Waals surface area (Å²) in [5.41, 5.74) is 0.799. The molecule has 1 amide bonds. The van der Waals surface area contributed by atoms with Crippen LogP contribution in [0.1, 0.15) is 28.8 Å². The molecule has 0 saturated heterocycles. The smallest absolute Gasteiger partial charge is 0.323 e. The fourth-order valence-corrected chi connectivity index (χ4v) is 2.85. The average molecular weight is 361 g/mol. The number of carbonyl (C=O) groups is 2. The molecule has 130 valence electrons.